The summed E-state index contributed by atoms with van der Waals surface area (Å²) < 4.78 is 1.98. The number of imidazole rings is 1. The topological polar surface area (TPSA) is 43.8 Å². The van der Waals surface area contributed by atoms with Crippen LogP contribution in [0.15, 0.2) is 66.1 Å². The third-order valence-electron chi connectivity index (χ3n) is 3.12. The second-order valence-corrected chi connectivity index (χ2v) is 5.98. The summed E-state index contributed by atoms with van der Waals surface area (Å²) in [7, 11) is 0. The van der Waals surface area contributed by atoms with Gasteiger partial charge >= 0.3 is 0 Å². The van der Waals surface area contributed by atoms with Gasteiger partial charge in [-0.3, -0.25) is 0 Å². The van der Waals surface area contributed by atoms with Crippen molar-refractivity contribution in [3.63, 3.8) is 0 Å². The van der Waals surface area contributed by atoms with E-state index in [4.69, 9.17) is 17.3 Å². The van der Waals surface area contributed by atoms with E-state index in [2.05, 4.69) is 29.2 Å². The summed E-state index contributed by atoms with van der Waals surface area (Å²) in [6.45, 7) is 0. The molecule has 0 aliphatic rings. The highest BCUT2D eigenvalue weighted by atomic mass is 35.5. The highest BCUT2D eigenvalue weighted by molar-refractivity contribution is 7.98. The SMILES string of the molecule is Nc1cccc(Cl)c1SCc1ccc(-n2ccnc2)cc1. The molecule has 2 aromatic carbocycles. The molecule has 21 heavy (non-hydrogen) atoms. The van der Waals surface area contributed by atoms with Crippen molar-refractivity contribution in [1.82, 2.24) is 9.55 Å². The van der Waals surface area contributed by atoms with Crippen LogP contribution in [0.5, 0.6) is 0 Å². The van der Waals surface area contributed by atoms with Crippen LogP contribution >= 0.6 is 23.4 Å². The van der Waals surface area contributed by atoms with Crippen LogP contribution in [0.2, 0.25) is 5.02 Å². The van der Waals surface area contributed by atoms with Gasteiger partial charge in [0.25, 0.3) is 0 Å². The van der Waals surface area contributed by atoms with Crippen LogP contribution in [0.4, 0.5) is 5.69 Å². The number of benzene rings is 2. The maximum absolute atomic E-state index is 6.18. The van der Waals surface area contributed by atoms with Crippen LogP contribution in [0, 0.1) is 0 Å². The second kappa shape index (κ2) is 6.24. The number of hydrogen-bond donors (Lipinski definition) is 1. The first-order valence-corrected chi connectivity index (χ1v) is 7.84. The first-order chi connectivity index (χ1) is 10.2. The van der Waals surface area contributed by atoms with Gasteiger partial charge in [-0.05, 0) is 29.8 Å². The average molecular weight is 316 g/mol. The van der Waals surface area contributed by atoms with Gasteiger partial charge in [0.2, 0.25) is 0 Å². The van der Waals surface area contributed by atoms with Crippen molar-refractivity contribution in [1.29, 1.82) is 0 Å². The van der Waals surface area contributed by atoms with Gasteiger partial charge in [0.15, 0.2) is 0 Å². The monoisotopic (exact) mass is 315 g/mol. The third kappa shape index (κ3) is 3.23. The van der Waals surface area contributed by atoms with Gasteiger partial charge in [0, 0.05) is 34.4 Å². The van der Waals surface area contributed by atoms with Crippen molar-refractivity contribution in [3.8, 4) is 5.69 Å². The van der Waals surface area contributed by atoms with Crippen molar-refractivity contribution in [3.05, 3.63) is 71.8 Å². The summed E-state index contributed by atoms with van der Waals surface area (Å²) in [5.41, 5.74) is 9.00. The molecule has 0 bridgehead atoms. The third-order valence-corrected chi connectivity index (χ3v) is 4.77. The molecule has 0 atom stereocenters. The molecule has 2 N–H and O–H groups in total. The number of aromatic nitrogens is 2. The van der Waals surface area contributed by atoms with Crippen LogP contribution in [0.1, 0.15) is 5.56 Å². The normalized spacial score (nSPS) is 10.7. The van der Waals surface area contributed by atoms with Crippen molar-refractivity contribution in [2.75, 3.05) is 5.73 Å². The van der Waals surface area contributed by atoms with E-state index in [0.29, 0.717) is 5.02 Å². The number of hydrogen-bond acceptors (Lipinski definition) is 3. The van der Waals surface area contributed by atoms with Gasteiger partial charge in [-0.25, -0.2) is 4.98 Å². The molecule has 3 nitrogen and oxygen atoms in total. The van der Waals surface area contributed by atoms with Crippen LogP contribution in [-0.2, 0) is 5.75 Å². The molecule has 3 aromatic rings. The maximum atomic E-state index is 6.18. The van der Waals surface area contributed by atoms with E-state index in [1.165, 1.54) is 5.56 Å². The predicted octanol–water partition coefficient (Wildman–Crippen LogP) is 4.40. The Kier molecular flexibility index (Phi) is 4.18. The fraction of sp³-hybridized carbons (Fsp3) is 0.0625. The zero-order valence-electron chi connectivity index (χ0n) is 11.2. The largest absolute Gasteiger partial charge is 0.398 e. The Morgan fingerprint density at radius 2 is 1.95 bits per heavy atom. The minimum Gasteiger partial charge on any atom is -0.398 e. The first-order valence-electron chi connectivity index (χ1n) is 6.48. The molecule has 0 aliphatic heterocycles. The van der Waals surface area contributed by atoms with Crippen LogP contribution < -0.4 is 5.73 Å². The van der Waals surface area contributed by atoms with E-state index in [1.54, 1.807) is 24.3 Å². The lowest BCUT2D eigenvalue weighted by atomic mass is 10.2. The molecular weight excluding hydrogens is 302 g/mol. The smallest absolute Gasteiger partial charge is 0.0991 e. The van der Waals surface area contributed by atoms with E-state index < -0.39 is 0 Å². The number of nitrogens with two attached hydrogens (primary N) is 1. The molecular formula is C16H14ClN3S. The molecule has 0 unspecified atom stereocenters. The Labute approximate surface area is 132 Å². The highest BCUT2D eigenvalue weighted by Crippen LogP contribution is 2.34. The highest BCUT2D eigenvalue weighted by Gasteiger charge is 2.05. The number of anilines is 1. The molecule has 106 valence electrons. The van der Waals surface area contributed by atoms with E-state index >= 15 is 0 Å². The van der Waals surface area contributed by atoms with Crippen molar-refractivity contribution < 1.29 is 0 Å². The second-order valence-electron chi connectivity index (χ2n) is 4.58. The van der Waals surface area contributed by atoms with Gasteiger partial charge in [-0.1, -0.05) is 29.8 Å². The summed E-state index contributed by atoms with van der Waals surface area (Å²) in [6.07, 6.45) is 5.48. The summed E-state index contributed by atoms with van der Waals surface area (Å²) in [5.74, 6) is 0.831. The van der Waals surface area contributed by atoms with Gasteiger partial charge in [-0.15, -0.1) is 11.8 Å². The Balaban J connectivity index is 1.71. The molecule has 0 aliphatic carbocycles. The number of halogens is 1. The minimum absolute atomic E-state index is 0.704. The Bertz CT molecular complexity index is 704. The van der Waals surface area contributed by atoms with Crippen LogP contribution in [0.3, 0.4) is 0 Å². The average Bonchev–Trinajstić information content (AvgIpc) is 3.02. The van der Waals surface area contributed by atoms with Crippen molar-refractivity contribution in [2.45, 2.75) is 10.6 Å². The Morgan fingerprint density at radius 1 is 1.14 bits per heavy atom. The number of thioether (sulfide) groups is 1. The summed E-state index contributed by atoms with van der Waals surface area (Å²) in [6, 6.07) is 14.0. The van der Waals surface area contributed by atoms with Gasteiger partial charge in [0.1, 0.15) is 0 Å². The summed E-state index contributed by atoms with van der Waals surface area (Å²) in [4.78, 5) is 4.99. The number of nitrogen functional groups attached to an aromatic ring is 1. The van der Waals surface area contributed by atoms with Crippen LogP contribution in [-0.4, -0.2) is 9.55 Å². The molecule has 0 amide bonds. The lowest BCUT2D eigenvalue weighted by molar-refractivity contribution is 1.05. The molecule has 1 aromatic heterocycles. The van der Waals surface area contributed by atoms with E-state index in [0.717, 1.165) is 22.0 Å². The fourth-order valence-corrected chi connectivity index (χ4v) is 3.30. The summed E-state index contributed by atoms with van der Waals surface area (Å²) in [5, 5.41) is 0.704. The molecule has 0 saturated carbocycles. The van der Waals surface area contributed by atoms with Crippen molar-refractivity contribution >= 4 is 29.1 Å². The van der Waals surface area contributed by atoms with E-state index in [-0.39, 0.29) is 0 Å². The number of nitrogens with zero attached hydrogens (tertiary/aromatic N) is 2. The Hall–Kier alpha value is -1.91. The standard InChI is InChI=1S/C16H14ClN3S/c17-14-2-1-3-15(18)16(14)21-10-12-4-6-13(7-5-12)20-9-8-19-11-20/h1-9,11H,10,18H2. The van der Waals surface area contributed by atoms with E-state index in [1.807, 2.05) is 29.0 Å². The molecule has 0 spiro atoms. The predicted molar refractivity (Wildman–Crippen MR) is 89.0 cm³/mol. The summed E-state index contributed by atoms with van der Waals surface area (Å²) >= 11 is 7.83. The molecule has 3 rings (SSSR count). The lowest BCUT2D eigenvalue weighted by Gasteiger charge is -2.08. The zero-order chi connectivity index (χ0) is 14.7. The maximum Gasteiger partial charge on any atom is 0.0991 e. The van der Waals surface area contributed by atoms with Gasteiger partial charge < -0.3 is 10.3 Å². The minimum atomic E-state index is 0.704. The van der Waals surface area contributed by atoms with Crippen LogP contribution in [0.25, 0.3) is 5.69 Å². The van der Waals surface area contributed by atoms with Gasteiger partial charge in [-0.2, -0.15) is 0 Å². The number of rotatable bonds is 4. The zero-order valence-corrected chi connectivity index (χ0v) is 12.8. The first kappa shape index (κ1) is 14.0. The van der Waals surface area contributed by atoms with E-state index in [9.17, 15) is 0 Å². The lowest BCUT2D eigenvalue weighted by Crippen LogP contribution is -1.91. The fourth-order valence-electron chi connectivity index (χ4n) is 2.01. The Morgan fingerprint density at radius 3 is 2.62 bits per heavy atom. The quantitative estimate of drug-likeness (QED) is 0.573. The van der Waals surface area contributed by atoms with Gasteiger partial charge in [0.05, 0.1) is 11.3 Å². The van der Waals surface area contributed by atoms with Crippen molar-refractivity contribution in [2.24, 2.45) is 0 Å². The molecule has 5 heteroatoms. The molecule has 1 heterocycles. The molecule has 0 saturated heterocycles. The molecule has 0 fully saturated rings. The molecule has 0 radical (unpaired) electrons.